The van der Waals surface area contributed by atoms with Crippen molar-refractivity contribution in [2.24, 2.45) is 0 Å². The molecule has 28 heavy (non-hydrogen) atoms. The first-order valence-electron chi connectivity index (χ1n) is 8.81. The largest absolute Gasteiger partial charge is 0.378 e. The zero-order chi connectivity index (χ0) is 20.3. The van der Waals surface area contributed by atoms with Crippen molar-refractivity contribution in [3.63, 3.8) is 0 Å². The van der Waals surface area contributed by atoms with Crippen molar-refractivity contribution in [2.75, 3.05) is 42.1 Å². The number of hydrogen-bond donors (Lipinski definition) is 2. The molecule has 1 aromatic heterocycles. The van der Waals surface area contributed by atoms with Crippen LogP contribution in [0, 0.1) is 10.1 Å². The number of rotatable bonds is 5. The predicted octanol–water partition coefficient (Wildman–Crippen LogP) is 2.37. The average molecular weight is 405 g/mol. The molecule has 9 nitrogen and oxygen atoms in total. The third-order valence-electron chi connectivity index (χ3n) is 4.79. The summed E-state index contributed by atoms with van der Waals surface area (Å²) in [5.74, 6) is -0.265. The molecule has 1 aliphatic heterocycles. The number of pyridine rings is 1. The van der Waals surface area contributed by atoms with E-state index in [9.17, 15) is 14.9 Å². The van der Waals surface area contributed by atoms with Gasteiger partial charge in [-0.15, -0.1) is 0 Å². The summed E-state index contributed by atoms with van der Waals surface area (Å²) >= 11 is 6.18. The number of nitrogen functional groups attached to an aromatic ring is 1. The molecule has 1 aromatic carbocycles. The highest BCUT2D eigenvalue weighted by Gasteiger charge is 2.31. The van der Waals surface area contributed by atoms with Gasteiger partial charge in [0.25, 0.3) is 0 Å². The first-order valence-corrected chi connectivity index (χ1v) is 9.19. The molecule has 1 amide bonds. The number of piperazine rings is 1. The quantitative estimate of drug-likeness (QED) is 0.580. The van der Waals surface area contributed by atoms with E-state index in [0.29, 0.717) is 26.2 Å². The monoisotopic (exact) mass is 404 g/mol. The molecule has 3 N–H and O–H groups in total. The number of nitrogens with two attached hydrogens (primary N) is 1. The lowest BCUT2D eigenvalue weighted by molar-refractivity contribution is -0.383. The van der Waals surface area contributed by atoms with E-state index in [2.05, 4.69) is 10.3 Å². The maximum absolute atomic E-state index is 12.5. The Morgan fingerprint density at radius 3 is 2.54 bits per heavy atom. The van der Waals surface area contributed by atoms with E-state index in [4.69, 9.17) is 17.3 Å². The molecule has 1 aliphatic rings. The van der Waals surface area contributed by atoms with E-state index < -0.39 is 4.92 Å². The Bertz CT molecular complexity index is 871. The van der Waals surface area contributed by atoms with Gasteiger partial charge in [0.05, 0.1) is 22.2 Å². The van der Waals surface area contributed by atoms with E-state index in [-0.39, 0.29) is 34.2 Å². The minimum atomic E-state index is -0.564. The molecule has 2 aromatic rings. The van der Waals surface area contributed by atoms with Crippen LogP contribution in [0.1, 0.15) is 6.92 Å². The number of para-hydroxylation sites is 1. The highest BCUT2D eigenvalue weighted by atomic mass is 35.5. The maximum atomic E-state index is 12.5. The molecule has 0 saturated carbocycles. The minimum absolute atomic E-state index is 0.100. The molecule has 2 heterocycles. The van der Waals surface area contributed by atoms with E-state index in [1.807, 2.05) is 47.1 Å². The van der Waals surface area contributed by atoms with Crippen LogP contribution in [0.5, 0.6) is 0 Å². The summed E-state index contributed by atoms with van der Waals surface area (Å²) in [5, 5.41) is 14.5. The highest BCUT2D eigenvalue weighted by molar-refractivity contribution is 6.33. The molecule has 0 spiro atoms. The molecular weight excluding hydrogens is 384 g/mol. The molecule has 148 valence electrons. The van der Waals surface area contributed by atoms with Crippen molar-refractivity contribution in [1.29, 1.82) is 0 Å². The van der Waals surface area contributed by atoms with Gasteiger partial charge in [-0.3, -0.25) is 19.8 Å². The summed E-state index contributed by atoms with van der Waals surface area (Å²) in [7, 11) is 0. The first-order chi connectivity index (χ1) is 13.4. The highest BCUT2D eigenvalue weighted by Crippen LogP contribution is 2.38. The number of nitrogens with zero attached hydrogens (tertiary/aromatic N) is 4. The lowest BCUT2D eigenvalue weighted by atomic mass is 10.2. The number of amides is 1. The summed E-state index contributed by atoms with van der Waals surface area (Å²) < 4.78 is 0. The van der Waals surface area contributed by atoms with Crippen molar-refractivity contribution in [2.45, 2.75) is 13.0 Å². The van der Waals surface area contributed by atoms with Gasteiger partial charge in [-0.1, -0.05) is 29.8 Å². The Morgan fingerprint density at radius 1 is 1.29 bits per heavy atom. The molecule has 0 radical (unpaired) electrons. The topological polar surface area (TPSA) is 118 Å². The average Bonchev–Trinajstić information content (AvgIpc) is 2.69. The smallest absolute Gasteiger partial charge is 0.335 e. The Hall–Kier alpha value is -2.91. The minimum Gasteiger partial charge on any atom is -0.378 e. The molecule has 3 rings (SSSR count). The zero-order valence-corrected chi connectivity index (χ0v) is 16.1. The Balaban J connectivity index is 1.67. The van der Waals surface area contributed by atoms with Crippen molar-refractivity contribution in [1.82, 2.24) is 9.88 Å². The van der Waals surface area contributed by atoms with E-state index in [1.165, 1.54) is 6.20 Å². The molecule has 1 unspecified atom stereocenters. The normalized spacial score (nSPS) is 15.9. The van der Waals surface area contributed by atoms with Gasteiger partial charge in [-0.05, 0) is 19.1 Å². The lowest BCUT2D eigenvalue weighted by Gasteiger charge is -2.38. The summed E-state index contributed by atoms with van der Waals surface area (Å²) in [4.78, 5) is 31.0. The van der Waals surface area contributed by atoms with Gasteiger partial charge in [0.2, 0.25) is 11.7 Å². The standard InChI is InChI=1S/C18H21ClN6O3/c1-12(18(26)22-13-5-3-2-4-6-13)23-7-9-24(10-8-23)15-14(19)11-21-17(20)16(15)25(27)28/h2-6,11-12H,7-10H2,1H3,(H2,20,21)(H,22,26). The van der Waals surface area contributed by atoms with Crippen LogP contribution in [-0.4, -0.2) is 52.9 Å². The molecule has 10 heteroatoms. The zero-order valence-electron chi connectivity index (χ0n) is 15.3. The van der Waals surface area contributed by atoms with Crippen molar-refractivity contribution < 1.29 is 9.72 Å². The van der Waals surface area contributed by atoms with Crippen molar-refractivity contribution >= 4 is 40.4 Å². The van der Waals surface area contributed by atoms with Gasteiger partial charge >= 0.3 is 5.69 Å². The van der Waals surface area contributed by atoms with Gasteiger partial charge in [0.15, 0.2) is 0 Å². The van der Waals surface area contributed by atoms with Crippen LogP contribution < -0.4 is 16.0 Å². The van der Waals surface area contributed by atoms with Gasteiger partial charge in [0.1, 0.15) is 5.69 Å². The second-order valence-electron chi connectivity index (χ2n) is 6.50. The number of aromatic nitrogens is 1. The fourth-order valence-electron chi connectivity index (χ4n) is 3.23. The van der Waals surface area contributed by atoms with E-state index in [0.717, 1.165) is 5.69 Å². The second kappa shape index (κ2) is 8.41. The van der Waals surface area contributed by atoms with Crippen LogP contribution in [0.25, 0.3) is 0 Å². The Labute approximate surface area is 167 Å². The second-order valence-corrected chi connectivity index (χ2v) is 6.91. The number of benzene rings is 1. The third-order valence-corrected chi connectivity index (χ3v) is 5.07. The number of hydrogen-bond acceptors (Lipinski definition) is 7. The van der Waals surface area contributed by atoms with E-state index >= 15 is 0 Å². The van der Waals surface area contributed by atoms with Crippen LogP contribution in [0.4, 0.5) is 22.9 Å². The third kappa shape index (κ3) is 4.15. The fraction of sp³-hybridized carbons (Fsp3) is 0.333. The number of nitrogens with one attached hydrogen (secondary N) is 1. The summed E-state index contributed by atoms with van der Waals surface area (Å²) in [6.45, 7) is 3.91. The van der Waals surface area contributed by atoms with Crippen LogP contribution in [-0.2, 0) is 4.79 Å². The van der Waals surface area contributed by atoms with Crippen LogP contribution >= 0.6 is 11.6 Å². The molecular formula is C18H21ClN6O3. The van der Waals surface area contributed by atoms with E-state index in [1.54, 1.807) is 0 Å². The van der Waals surface area contributed by atoms with Crippen LogP contribution in [0.2, 0.25) is 5.02 Å². The molecule has 1 atom stereocenters. The lowest BCUT2D eigenvalue weighted by Crippen LogP contribution is -2.53. The number of carbonyl (C=O) groups is 1. The molecule has 0 aliphatic carbocycles. The maximum Gasteiger partial charge on any atom is 0.335 e. The number of anilines is 3. The Morgan fingerprint density at radius 2 is 1.93 bits per heavy atom. The van der Waals surface area contributed by atoms with Gasteiger partial charge in [-0.2, -0.15) is 0 Å². The van der Waals surface area contributed by atoms with Gasteiger partial charge in [0, 0.05) is 31.9 Å². The summed E-state index contributed by atoms with van der Waals surface area (Å²) in [5.41, 5.74) is 6.42. The Kier molecular flexibility index (Phi) is 5.96. The molecule has 1 saturated heterocycles. The van der Waals surface area contributed by atoms with Gasteiger partial charge < -0.3 is 16.0 Å². The van der Waals surface area contributed by atoms with Crippen LogP contribution in [0.15, 0.2) is 36.5 Å². The van der Waals surface area contributed by atoms with Gasteiger partial charge in [-0.25, -0.2) is 4.98 Å². The number of halogens is 1. The SMILES string of the molecule is CC(C(=O)Nc1ccccc1)N1CCN(c2c(Cl)cnc(N)c2[N+](=O)[O-])CC1. The number of carbonyl (C=O) groups excluding carboxylic acids is 1. The predicted molar refractivity (Wildman–Crippen MR) is 109 cm³/mol. The number of nitro groups is 1. The summed E-state index contributed by atoms with van der Waals surface area (Å²) in [6, 6.07) is 8.92. The molecule has 0 bridgehead atoms. The fourth-order valence-corrected chi connectivity index (χ4v) is 3.49. The van der Waals surface area contributed by atoms with Crippen LogP contribution in [0.3, 0.4) is 0 Å². The van der Waals surface area contributed by atoms with Crippen molar-refractivity contribution in [3.05, 3.63) is 51.7 Å². The molecule has 1 fully saturated rings. The van der Waals surface area contributed by atoms with Crippen molar-refractivity contribution in [3.8, 4) is 0 Å². The first kappa shape index (κ1) is 19.8. The summed E-state index contributed by atoms with van der Waals surface area (Å²) in [6.07, 6.45) is 1.32.